The Morgan fingerprint density at radius 1 is 1.06 bits per heavy atom. The number of benzene rings is 2. The molecule has 0 bridgehead atoms. The van der Waals surface area contributed by atoms with Gasteiger partial charge in [-0.15, -0.1) is 0 Å². The lowest BCUT2D eigenvalue weighted by Crippen LogP contribution is -2.41. The Hall–Kier alpha value is -2.45. The van der Waals surface area contributed by atoms with Crippen molar-refractivity contribution in [3.8, 4) is 0 Å². The van der Waals surface area contributed by atoms with Gasteiger partial charge in [-0.25, -0.2) is 17.5 Å². The summed E-state index contributed by atoms with van der Waals surface area (Å²) >= 11 is 0.888. The lowest BCUT2D eigenvalue weighted by atomic mass is 9.88. The fraction of sp³-hybridized carbons (Fsp3) is 0.391. The van der Waals surface area contributed by atoms with E-state index in [9.17, 15) is 18.0 Å². The molecule has 0 saturated heterocycles. The SMILES string of the molecule is CC(C)c1ccc(S(=O)(=O)N(C(=O)C2CCCCC2)c2ccc3oc(=O)sc3c2)cc1. The van der Waals surface area contributed by atoms with Crippen LogP contribution in [0.5, 0.6) is 0 Å². The Morgan fingerprint density at radius 3 is 2.39 bits per heavy atom. The second kappa shape index (κ2) is 8.59. The van der Waals surface area contributed by atoms with E-state index in [2.05, 4.69) is 0 Å². The minimum atomic E-state index is -4.13. The highest BCUT2D eigenvalue weighted by Gasteiger charge is 2.36. The average Bonchev–Trinajstić information content (AvgIpc) is 3.13. The first-order valence-electron chi connectivity index (χ1n) is 10.5. The lowest BCUT2D eigenvalue weighted by Gasteiger charge is -2.29. The van der Waals surface area contributed by atoms with Gasteiger partial charge in [0, 0.05) is 5.92 Å². The van der Waals surface area contributed by atoms with E-state index in [4.69, 9.17) is 4.42 Å². The molecule has 1 amide bonds. The van der Waals surface area contributed by atoms with E-state index in [1.54, 1.807) is 36.4 Å². The Labute approximate surface area is 185 Å². The number of fused-ring (bicyclic) bond motifs is 1. The molecule has 1 aromatic heterocycles. The predicted octanol–water partition coefficient (Wildman–Crippen LogP) is 5.28. The Morgan fingerprint density at radius 2 is 1.74 bits per heavy atom. The van der Waals surface area contributed by atoms with Crippen molar-refractivity contribution in [1.82, 2.24) is 0 Å². The fourth-order valence-corrected chi connectivity index (χ4v) is 6.19. The molecular formula is C23H25NO5S2. The number of carbonyl (C=O) groups excluding carboxylic acids is 1. The van der Waals surface area contributed by atoms with Crippen molar-refractivity contribution in [3.63, 3.8) is 0 Å². The highest BCUT2D eigenvalue weighted by atomic mass is 32.2. The van der Waals surface area contributed by atoms with Gasteiger partial charge in [0.1, 0.15) is 5.58 Å². The zero-order chi connectivity index (χ0) is 22.2. The monoisotopic (exact) mass is 459 g/mol. The molecule has 0 atom stereocenters. The van der Waals surface area contributed by atoms with Crippen LogP contribution in [0, 0.1) is 5.92 Å². The molecule has 0 aliphatic heterocycles. The molecule has 1 heterocycles. The first-order chi connectivity index (χ1) is 14.8. The summed E-state index contributed by atoms with van der Waals surface area (Å²) in [7, 11) is -4.13. The summed E-state index contributed by atoms with van der Waals surface area (Å²) < 4.78 is 33.9. The molecule has 31 heavy (non-hydrogen) atoms. The molecule has 8 heteroatoms. The van der Waals surface area contributed by atoms with Crippen LogP contribution < -0.4 is 9.24 Å². The summed E-state index contributed by atoms with van der Waals surface area (Å²) in [4.78, 5) is 24.7. The zero-order valence-corrected chi connectivity index (χ0v) is 19.2. The third-order valence-electron chi connectivity index (χ3n) is 5.79. The van der Waals surface area contributed by atoms with Gasteiger partial charge in [-0.05, 0) is 54.7 Å². The number of carbonyl (C=O) groups is 1. The largest absolute Gasteiger partial charge is 0.414 e. The van der Waals surface area contributed by atoms with Gasteiger partial charge in [-0.3, -0.25) is 4.79 Å². The molecule has 164 valence electrons. The molecule has 2 aromatic carbocycles. The van der Waals surface area contributed by atoms with E-state index >= 15 is 0 Å². The quantitative estimate of drug-likeness (QED) is 0.518. The van der Waals surface area contributed by atoms with Gasteiger partial charge in [0.2, 0.25) is 5.91 Å². The Bertz CT molecular complexity index is 1250. The van der Waals surface area contributed by atoms with Crippen LogP contribution in [0.1, 0.15) is 57.4 Å². The molecular weight excluding hydrogens is 434 g/mol. The van der Waals surface area contributed by atoms with Gasteiger partial charge in [0.25, 0.3) is 10.0 Å². The van der Waals surface area contributed by atoms with Gasteiger partial charge in [0.15, 0.2) is 0 Å². The summed E-state index contributed by atoms with van der Waals surface area (Å²) in [6.07, 6.45) is 4.24. The molecule has 3 aromatic rings. The summed E-state index contributed by atoms with van der Waals surface area (Å²) in [6, 6.07) is 11.3. The minimum absolute atomic E-state index is 0.0709. The Kier molecular flexibility index (Phi) is 6.03. The number of sulfonamides is 1. The zero-order valence-electron chi connectivity index (χ0n) is 17.5. The molecule has 1 aliphatic carbocycles. The van der Waals surface area contributed by atoms with Gasteiger partial charge in [-0.2, -0.15) is 0 Å². The van der Waals surface area contributed by atoms with E-state index in [1.807, 2.05) is 13.8 Å². The number of nitrogens with zero attached hydrogens (tertiary/aromatic N) is 1. The van der Waals surface area contributed by atoms with E-state index in [0.717, 1.165) is 40.5 Å². The summed E-state index contributed by atoms with van der Waals surface area (Å²) in [5.74, 6) is -0.483. The molecule has 0 radical (unpaired) electrons. The second-order valence-electron chi connectivity index (χ2n) is 8.25. The van der Waals surface area contributed by atoms with Gasteiger partial charge in [-0.1, -0.05) is 56.6 Å². The number of amides is 1. The normalized spacial score (nSPS) is 15.5. The third kappa shape index (κ3) is 4.32. The summed E-state index contributed by atoms with van der Waals surface area (Å²) in [5.41, 5.74) is 1.63. The summed E-state index contributed by atoms with van der Waals surface area (Å²) in [5, 5.41) is 0. The van der Waals surface area contributed by atoms with Crippen LogP contribution in [0.15, 0.2) is 56.6 Å². The molecule has 0 unspecified atom stereocenters. The number of hydrogen-bond acceptors (Lipinski definition) is 6. The molecule has 1 fully saturated rings. The van der Waals surface area contributed by atoms with Crippen LogP contribution in [0.2, 0.25) is 0 Å². The topological polar surface area (TPSA) is 84.7 Å². The third-order valence-corrected chi connectivity index (χ3v) is 8.32. The predicted molar refractivity (Wildman–Crippen MR) is 122 cm³/mol. The van der Waals surface area contributed by atoms with Gasteiger partial charge < -0.3 is 4.42 Å². The standard InChI is InChI=1S/C23H25NO5S2/c1-15(2)16-8-11-19(12-9-16)31(27,28)24(22(25)17-6-4-3-5-7-17)18-10-13-20-21(14-18)30-23(26)29-20/h8-15,17H,3-7H2,1-2H3. The first-order valence-corrected chi connectivity index (χ1v) is 12.8. The van der Waals surface area contributed by atoms with Crippen molar-refractivity contribution in [1.29, 1.82) is 0 Å². The van der Waals surface area contributed by atoms with Gasteiger partial charge in [0.05, 0.1) is 15.3 Å². The van der Waals surface area contributed by atoms with Crippen molar-refractivity contribution in [2.75, 3.05) is 4.31 Å². The maximum Gasteiger partial charge on any atom is 0.396 e. The Balaban J connectivity index is 1.81. The van der Waals surface area contributed by atoms with Crippen LogP contribution in [-0.4, -0.2) is 14.3 Å². The fourth-order valence-electron chi connectivity index (χ4n) is 4.02. The maximum atomic E-state index is 13.7. The van der Waals surface area contributed by atoms with Crippen molar-refractivity contribution in [2.45, 2.75) is 56.8 Å². The highest BCUT2D eigenvalue weighted by molar-refractivity contribution is 7.93. The van der Waals surface area contributed by atoms with Crippen molar-refractivity contribution in [2.24, 2.45) is 5.92 Å². The van der Waals surface area contributed by atoms with Crippen LogP contribution in [0.25, 0.3) is 10.3 Å². The summed E-state index contributed by atoms with van der Waals surface area (Å²) in [6.45, 7) is 4.07. The van der Waals surface area contributed by atoms with Gasteiger partial charge >= 0.3 is 4.94 Å². The number of rotatable bonds is 5. The van der Waals surface area contributed by atoms with E-state index < -0.39 is 20.9 Å². The van der Waals surface area contributed by atoms with Crippen molar-refractivity contribution >= 4 is 43.2 Å². The van der Waals surface area contributed by atoms with Crippen LogP contribution >= 0.6 is 11.3 Å². The molecule has 4 rings (SSSR count). The molecule has 0 N–H and O–H groups in total. The molecule has 6 nitrogen and oxygen atoms in total. The lowest BCUT2D eigenvalue weighted by molar-refractivity contribution is -0.122. The van der Waals surface area contributed by atoms with Crippen molar-refractivity contribution < 1.29 is 17.6 Å². The van der Waals surface area contributed by atoms with Crippen LogP contribution in [0.4, 0.5) is 5.69 Å². The molecule has 1 saturated carbocycles. The highest BCUT2D eigenvalue weighted by Crippen LogP contribution is 2.33. The number of anilines is 1. The molecule has 0 spiro atoms. The maximum absolute atomic E-state index is 13.7. The van der Waals surface area contributed by atoms with Crippen molar-refractivity contribution in [3.05, 3.63) is 57.8 Å². The smallest absolute Gasteiger partial charge is 0.396 e. The van der Waals surface area contributed by atoms with E-state index in [0.29, 0.717) is 23.1 Å². The number of hydrogen-bond donors (Lipinski definition) is 0. The second-order valence-corrected chi connectivity index (χ2v) is 11.0. The van der Waals surface area contributed by atoms with Crippen LogP contribution in [0.3, 0.4) is 0 Å². The average molecular weight is 460 g/mol. The van der Waals surface area contributed by atoms with Crippen LogP contribution in [-0.2, 0) is 14.8 Å². The van der Waals surface area contributed by atoms with E-state index in [-0.39, 0.29) is 22.4 Å². The minimum Gasteiger partial charge on any atom is -0.414 e. The first kappa shape index (κ1) is 21.8. The van der Waals surface area contributed by atoms with E-state index in [1.165, 1.54) is 6.07 Å². The molecule has 1 aliphatic rings.